The van der Waals surface area contributed by atoms with Crippen LogP contribution >= 0.6 is 0 Å². The number of carbonyl (C=O) groups is 1. The number of halogens is 5. The van der Waals surface area contributed by atoms with Crippen LogP contribution in [0, 0.1) is 0 Å². The van der Waals surface area contributed by atoms with Crippen LogP contribution in [0.2, 0.25) is 0 Å². The second-order valence-electron chi connectivity index (χ2n) is 8.94. The summed E-state index contributed by atoms with van der Waals surface area (Å²) in [5.74, 6) is -0.581. The molecule has 2 aromatic rings. The molecule has 0 unspecified atom stereocenters. The van der Waals surface area contributed by atoms with Crippen LogP contribution in [0.4, 0.5) is 33.7 Å². The number of anilines is 2. The number of rotatable bonds is 14. The number of nitrogens with zero attached hydrogens (tertiary/aromatic N) is 4. The van der Waals surface area contributed by atoms with Crippen molar-refractivity contribution in [2.75, 3.05) is 36.8 Å². The van der Waals surface area contributed by atoms with Gasteiger partial charge < -0.3 is 20.6 Å². The van der Waals surface area contributed by atoms with Crippen LogP contribution in [0.15, 0.2) is 24.5 Å². The van der Waals surface area contributed by atoms with Crippen molar-refractivity contribution in [1.29, 1.82) is 0 Å². The number of nitrogens with one attached hydrogen (secondary N) is 2. The molecule has 3 rings (SSSR count). The standard InChI is InChI=1S/C24H31F5N6O2/c25-20(26)9-13-35(11-2-1-5-18-7-6-16-4-3-10-30-21(16)33-18)12-8-19(22(36)37)34-23-31-14-17(15-32-23)24(27,28)29/h6-7,14-15,19-20H,1-5,8-13H2,(H,30,33)(H,36,37)(H,31,32,34)/t19-/m0/s1. The van der Waals surface area contributed by atoms with E-state index in [1.807, 2.05) is 6.07 Å². The molecule has 13 heteroatoms. The fourth-order valence-corrected chi connectivity index (χ4v) is 4.04. The minimum atomic E-state index is -4.61. The predicted octanol–water partition coefficient (Wildman–Crippen LogP) is 4.48. The van der Waals surface area contributed by atoms with Crippen LogP contribution in [0.25, 0.3) is 0 Å². The molecule has 0 spiro atoms. The number of hydrogen-bond donors (Lipinski definition) is 3. The van der Waals surface area contributed by atoms with Gasteiger partial charge in [-0.1, -0.05) is 6.07 Å². The molecular weight excluding hydrogens is 499 g/mol. The summed E-state index contributed by atoms with van der Waals surface area (Å²) in [6.07, 6.45) is -1.95. The zero-order chi connectivity index (χ0) is 26.8. The summed E-state index contributed by atoms with van der Waals surface area (Å²) >= 11 is 0. The van der Waals surface area contributed by atoms with E-state index >= 15 is 0 Å². The number of hydrogen-bond acceptors (Lipinski definition) is 7. The van der Waals surface area contributed by atoms with E-state index in [1.165, 1.54) is 5.56 Å². The van der Waals surface area contributed by atoms with Gasteiger partial charge in [-0.05, 0) is 56.7 Å². The first-order valence-electron chi connectivity index (χ1n) is 12.2. The van der Waals surface area contributed by atoms with Crippen molar-refractivity contribution in [3.63, 3.8) is 0 Å². The van der Waals surface area contributed by atoms with Crippen molar-refractivity contribution in [3.8, 4) is 0 Å². The predicted molar refractivity (Wildman–Crippen MR) is 128 cm³/mol. The third-order valence-corrected chi connectivity index (χ3v) is 6.09. The number of aliphatic carboxylic acids is 1. The highest BCUT2D eigenvalue weighted by Crippen LogP contribution is 2.28. The van der Waals surface area contributed by atoms with Crippen LogP contribution in [0.1, 0.15) is 48.9 Å². The summed E-state index contributed by atoms with van der Waals surface area (Å²) in [7, 11) is 0. The number of carboxylic acids is 1. The van der Waals surface area contributed by atoms with Gasteiger partial charge in [0.05, 0.1) is 5.56 Å². The van der Waals surface area contributed by atoms with Gasteiger partial charge in [-0.2, -0.15) is 13.2 Å². The third kappa shape index (κ3) is 9.38. The van der Waals surface area contributed by atoms with Crippen molar-refractivity contribution in [2.24, 2.45) is 0 Å². The molecule has 204 valence electrons. The van der Waals surface area contributed by atoms with Gasteiger partial charge in [-0.3, -0.25) is 0 Å². The number of aromatic nitrogens is 3. The first-order valence-corrected chi connectivity index (χ1v) is 12.2. The number of carboxylic acid groups (broad SMARTS) is 1. The van der Waals surface area contributed by atoms with Gasteiger partial charge in [0.2, 0.25) is 12.4 Å². The summed E-state index contributed by atoms with van der Waals surface area (Å²) in [5, 5.41) is 15.3. The van der Waals surface area contributed by atoms with E-state index in [1.54, 1.807) is 4.90 Å². The fourth-order valence-electron chi connectivity index (χ4n) is 4.04. The van der Waals surface area contributed by atoms with Gasteiger partial charge in [-0.15, -0.1) is 0 Å². The smallest absolute Gasteiger partial charge is 0.419 e. The summed E-state index contributed by atoms with van der Waals surface area (Å²) in [6.45, 7) is 1.71. The average molecular weight is 531 g/mol. The molecule has 0 aromatic carbocycles. The lowest BCUT2D eigenvalue weighted by molar-refractivity contribution is -0.139. The lowest BCUT2D eigenvalue weighted by Gasteiger charge is -2.24. The topological polar surface area (TPSA) is 103 Å². The Labute approximate surface area is 211 Å². The Hall–Kier alpha value is -3.09. The van der Waals surface area contributed by atoms with Crippen LogP contribution < -0.4 is 10.6 Å². The Morgan fingerprint density at radius 3 is 2.51 bits per heavy atom. The monoisotopic (exact) mass is 530 g/mol. The van der Waals surface area contributed by atoms with Crippen molar-refractivity contribution in [1.82, 2.24) is 19.9 Å². The second-order valence-corrected chi connectivity index (χ2v) is 8.94. The van der Waals surface area contributed by atoms with Crippen LogP contribution in [-0.2, 0) is 23.8 Å². The lowest BCUT2D eigenvalue weighted by atomic mass is 10.1. The van der Waals surface area contributed by atoms with E-state index < -0.39 is 30.2 Å². The first-order chi connectivity index (χ1) is 17.6. The molecule has 1 aliphatic rings. The Balaban J connectivity index is 1.50. The van der Waals surface area contributed by atoms with Crippen molar-refractivity contribution in [2.45, 2.75) is 63.6 Å². The molecule has 0 radical (unpaired) electrons. The van der Waals surface area contributed by atoms with Gasteiger partial charge in [0, 0.05) is 44.1 Å². The summed E-state index contributed by atoms with van der Waals surface area (Å²) in [6, 6.07) is 2.89. The molecule has 0 amide bonds. The molecule has 2 aromatic heterocycles. The SMILES string of the molecule is O=C(O)[C@H](CCN(CCCCc1ccc2c(n1)NCCC2)CCC(F)F)Nc1ncc(C(F)(F)F)cn1. The molecule has 0 fully saturated rings. The highest BCUT2D eigenvalue weighted by atomic mass is 19.4. The van der Waals surface area contributed by atoms with E-state index in [-0.39, 0.29) is 31.9 Å². The zero-order valence-corrected chi connectivity index (χ0v) is 20.3. The lowest BCUT2D eigenvalue weighted by Crippen LogP contribution is -2.36. The molecule has 0 aliphatic carbocycles. The largest absolute Gasteiger partial charge is 0.480 e. The molecule has 3 N–H and O–H groups in total. The maximum atomic E-state index is 12.8. The summed E-state index contributed by atoms with van der Waals surface area (Å²) in [4.78, 5) is 25.2. The van der Waals surface area contributed by atoms with Crippen molar-refractivity contribution < 1.29 is 31.9 Å². The van der Waals surface area contributed by atoms with E-state index in [4.69, 9.17) is 0 Å². The zero-order valence-electron chi connectivity index (χ0n) is 20.3. The Bertz CT molecular complexity index is 1010. The molecule has 0 bridgehead atoms. The molecule has 1 aliphatic heterocycles. The van der Waals surface area contributed by atoms with Crippen LogP contribution in [-0.4, -0.2) is 69.6 Å². The molecule has 0 saturated heterocycles. The number of aryl methyl sites for hydroxylation is 2. The van der Waals surface area contributed by atoms with E-state index in [9.17, 15) is 31.9 Å². The molecular formula is C24H31F5N6O2. The maximum absolute atomic E-state index is 12.8. The minimum Gasteiger partial charge on any atom is -0.480 e. The normalized spacial score (nSPS) is 14.4. The Morgan fingerprint density at radius 1 is 1.11 bits per heavy atom. The number of fused-ring (bicyclic) bond motifs is 1. The summed E-state index contributed by atoms with van der Waals surface area (Å²) < 4.78 is 63.7. The number of pyridine rings is 1. The van der Waals surface area contributed by atoms with Gasteiger partial charge in [0.25, 0.3) is 0 Å². The Morgan fingerprint density at radius 2 is 1.84 bits per heavy atom. The second kappa shape index (κ2) is 13.5. The summed E-state index contributed by atoms with van der Waals surface area (Å²) in [5.41, 5.74) is 1.11. The average Bonchev–Trinajstić information content (AvgIpc) is 2.86. The van der Waals surface area contributed by atoms with E-state index in [2.05, 4.69) is 31.7 Å². The quantitative estimate of drug-likeness (QED) is 0.243. The van der Waals surface area contributed by atoms with E-state index in [0.717, 1.165) is 43.7 Å². The highest BCUT2D eigenvalue weighted by molar-refractivity contribution is 5.76. The Kier molecular flexibility index (Phi) is 10.4. The van der Waals surface area contributed by atoms with Crippen LogP contribution in [0.3, 0.4) is 0 Å². The molecule has 8 nitrogen and oxygen atoms in total. The maximum Gasteiger partial charge on any atom is 0.419 e. The molecule has 1 atom stereocenters. The van der Waals surface area contributed by atoms with Gasteiger partial charge in [-0.25, -0.2) is 28.5 Å². The first kappa shape index (κ1) is 28.5. The third-order valence-electron chi connectivity index (χ3n) is 6.09. The van der Waals surface area contributed by atoms with E-state index in [0.29, 0.717) is 25.4 Å². The number of alkyl halides is 5. The number of unbranched alkanes of at least 4 members (excludes halogenated alkanes) is 1. The minimum absolute atomic E-state index is 0.0288. The van der Waals surface area contributed by atoms with Crippen molar-refractivity contribution >= 4 is 17.7 Å². The molecule has 3 heterocycles. The fraction of sp³-hybridized carbons (Fsp3) is 0.583. The van der Waals surface area contributed by atoms with Crippen LogP contribution in [0.5, 0.6) is 0 Å². The van der Waals surface area contributed by atoms with Gasteiger partial charge in [0.15, 0.2) is 0 Å². The highest BCUT2D eigenvalue weighted by Gasteiger charge is 2.31. The molecule has 0 saturated carbocycles. The molecule has 37 heavy (non-hydrogen) atoms. The van der Waals surface area contributed by atoms with Crippen molar-refractivity contribution in [3.05, 3.63) is 41.3 Å². The van der Waals surface area contributed by atoms with Gasteiger partial charge >= 0.3 is 12.1 Å². The van der Waals surface area contributed by atoms with Gasteiger partial charge in [0.1, 0.15) is 11.9 Å².